The topological polar surface area (TPSA) is 116 Å². The van der Waals surface area contributed by atoms with Crippen molar-refractivity contribution in [2.45, 2.75) is 18.9 Å². The van der Waals surface area contributed by atoms with Crippen LogP contribution in [0.25, 0.3) is 0 Å². The summed E-state index contributed by atoms with van der Waals surface area (Å²) >= 11 is 0. The van der Waals surface area contributed by atoms with Gasteiger partial charge in [0.05, 0.1) is 13.7 Å². The van der Waals surface area contributed by atoms with E-state index >= 15 is 0 Å². The van der Waals surface area contributed by atoms with Gasteiger partial charge in [0.15, 0.2) is 0 Å². The summed E-state index contributed by atoms with van der Waals surface area (Å²) in [6, 6.07) is -0.301. The predicted molar refractivity (Wildman–Crippen MR) is 63.8 cm³/mol. The smallest absolute Gasteiger partial charge is 0.407 e. The molecule has 1 amide bonds. The molecule has 0 aromatic carbocycles. The van der Waals surface area contributed by atoms with Gasteiger partial charge in [-0.1, -0.05) is 0 Å². The van der Waals surface area contributed by atoms with Gasteiger partial charge in [-0.15, -0.1) is 0 Å². The molecule has 2 unspecified atom stereocenters. The van der Waals surface area contributed by atoms with E-state index in [1.54, 1.807) is 4.90 Å². The lowest BCUT2D eigenvalue weighted by atomic mass is 9.91. The largest absolute Gasteiger partial charge is 0.481 e. The number of carbonyl (C=O) groups excluding carboxylic acids is 1. The number of nitrogens with zero attached hydrogens (tertiary/aromatic N) is 1. The molecule has 0 saturated carbocycles. The van der Waals surface area contributed by atoms with Gasteiger partial charge in [-0.2, -0.15) is 0 Å². The lowest BCUT2D eigenvalue weighted by Gasteiger charge is -2.36. The van der Waals surface area contributed by atoms with Gasteiger partial charge in [-0.25, -0.2) is 4.79 Å². The van der Waals surface area contributed by atoms with Gasteiger partial charge in [0.2, 0.25) is 0 Å². The van der Waals surface area contributed by atoms with Crippen molar-refractivity contribution < 1.29 is 29.3 Å². The molecular formula is C11H18N2O6. The number of methoxy groups -OCH3 is 1. The maximum Gasteiger partial charge on any atom is 0.407 e. The standard InChI is InChI=1S/C11H18N2O6/c1-19-11(18)12-8-2-7(3-9(14)15)4-13(5-8)6-10(16)17/h7-8H,2-6H2,1H3,(H,12,18)(H,14,15)(H,16,17). The number of likely N-dealkylation sites (tertiary alicyclic amines) is 1. The number of amides is 1. The van der Waals surface area contributed by atoms with Gasteiger partial charge < -0.3 is 20.3 Å². The Labute approximate surface area is 110 Å². The number of hydrogen-bond donors (Lipinski definition) is 3. The highest BCUT2D eigenvalue weighted by Crippen LogP contribution is 2.20. The minimum Gasteiger partial charge on any atom is -0.481 e. The van der Waals surface area contributed by atoms with E-state index in [-0.39, 0.29) is 24.9 Å². The SMILES string of the molecule is COC(=O)NC1CC(CC(=O)O)CN(CC(=O)O)C1. The molecule has 1 heterocycles. The van der Waals surface area contributed by atoms with Crippen LogP contribution in [0.3, 0.4) is 0 Å². The third-order valence-corrected chi connectivity index (χ3v) is 2.94. The van der Waals surface area contributed by atoms with Crippen LogP contribution in [0.2, 0.25) is 0 Å². The zero-order chi connectivity index (χ0) is 14.4. The van der Waals surface area contributed by atoms with E-state index in [9.17, 15) is 14.4 Å². The fourth-order valence-corrected chi connectivity index (χ4v) is 2.35. The van der Waals surface area contributed by atoms with Crippen LogP contribution < -0.4 is 5.32 Å². The van der Waals surface area contributed by atoms with Crippen molar-refractivity contribution in [3.8, 4) is 0 Å². The van der Waals surface area contributed by atoms with Gasteiger partial charge in [0, 0.05) is 25.6 Å². The molecule has 0 aromatic heterocycles. The summed E-state index contributed by atoms with van der Waals surface area (Å²) in [6.45, 7) is 0.602. The van der Waals surface area contributed by atoms with Gasteiger partial charge >= 0.3 is 18.0 Å². The zero-order valence-electron chi connectivity index (χ0n) is 10.7. The quantitative estimate of drug-likeness (QED) is 0.624. The normalized spacial score (nSPS) is 23.6. The molecule has 0 bridgehead atoms. The molecule has 1 saturated heterocycles. The van der Waals surface area contributed by atoms with Gasteiger partial charge in [0.25, 0.3) is 0 Å². The molecular weight excluding hydrogens is 256 g/mol. The Bertz CT molecular complexity index is 335. The van der Waals surface area contributed by atoms with Crippen LogP contribution in [0.1, 0.15) is 12.8 Å². The zero-order valence-corrected chi connectivity index (χ0v) is 10.7. The molecule has 8 nitrogen and oxygen atoms in total. The summed E-state index contributed by atoms with van der Waals surface area (Å²) in [6.07, 6.45) is -0.149. The Morgan fingerprint density at radius 1 is 1.26 bits per heavy atom. The number of rotatable bonds is 5. The molecule has 0 aromatic rings. The van der Waals surface area contributed by atoms with Crippen molar-refractivity contribution in [2.75, 3.05) is 26.7 Å². The van der Waals surface area contributed by atoms with Crippen LogP contribution >= 0.6 is 0 Å². The number of piperidine rings is 1. The summed E-state index contributed by atoms with van der Waals surface area (Å²) in [7, 11) is 1.24. The number of carboxylic acids is 2. The van der Waals surface area contributed by atoms with E-state index < -0.39 is 18.0 Å². The minimum absolute atomic E-state index is 0.0462. The Hall–Kier alpha value is -1.83. The monoisotopic (exact) mass is 274 g/mol. The highest BCUT2D eigenvalue weighted by molar-refractivity contribution is 5.69. The van der Waals surface area contributed by atoms with Crippen molar-refractivity contribution in [2.24, 2.45) is 5.92 Å². The Balaban J connectivity index is 2.62. The van der Waals surface area contributed by atoms with Crippen LogP contribution in [0.5, 0.6) is 0 Å². The van der Waals surface area contributed by atoms with Crippen LogP contribution in [0.15, 0.2) is 0 Å². The molecule has 108 valence electrons. The average Bonchev–Trinajstić information content (AvgIpc) is 2.26. The number of carbonyl (C=O) groups is 3. The fourth-order valence-electron chi connectivity index (χ4n) is 2.35. The molecule has 0 radical (unpaired) electrons. The van der Waals surface area contributed by atoms with Crippen molar-refractivity contribution in [1.29, 1.82) is 0 Å². The first-order valence-electron chi connectivity index (χ1n) is 5.91. The summed E-state index contributed by atoms with van der Waals surface area (Å²) in [4.78, 5) is 34.2. The number of aliphatic carboxylic acids is 2. The summed E-state index contributed by atoms with van der Waals surface area (Å²) in [5.41, 5.74) is 0. The highest BCUT2D eigenvalue weighted by atomic mass is 16.5. The molecule has 19 heavy (non-hydrogen) atoms. The second-order valence-corrected chi connectivity index (χ2v) is 4.62. The maximum atomic E-state index is 11.2. The van der Waals surface area contributed by atoms with E-state index in [1.807, 2.05) is 0 Å². The average molecular weight is 274 g/mol. The lowest BCUT2D eigenvalue weighted by Crippen LogP contribution is -2.52. The van der Waals surface area contributed by atoms with Crippen molar-refractivity contribution in [3.05, 3.63) is 0 Å². The summed E-state index contributed by atoms with van der Waals surface area (Å²) in [5.74, 6) is -2.10. The van der Waals surface area contributed by atoms with Crippen LogP contribution in [-0.4, -0.2) is 65.9 Å². The molecule has 3 N–H and O–H groups in total. The van der Waals surface area contributed by atoms with E-state index in [0.29, 0.717) is 19.5 Å². The molecule has 2 atom stereocenters. The molecule has 0 spiro atoms. The van der Waals surface area contributed by atoms with Crippen molar-refractivity contribution in [1.82, 2.24) is 10.2 Å². The summed E-state index contributed by atoms with van der Waals surface area (Å²) in [5, 5.41) is 20.2. The molecule has 0 aliphatic carbocycles. The van der Waals surface area contributed by atoms with Gasteiger partial charge in [0.1, 0.15) is 0 Å². The fraction of sp³-hybridized carbons (Fsp3) is 0.727. The summed E-state index contributed by atoms with van der Waals surface area (Å²) < 4.78 is 4.48. The first-order valence-corrected chi connectivity index (χ1v) is 5.91. The maximum absolute atomic E-state index is 11.2. The van der Waals surface area contributed by atoms with Crippen molar-refractivity contribution >= 4 is 18.0 Å². The van der Waals surface area contributed by atoms with E-state index in [2.05, 4.69) is 10.1 Å². The molecule has 1 fully saturated rings. The van der Waals surface area contributed by atoms with Gasteiger partial charge in [-0.05, 0) is 12.3 Å². The van der Waals surface area contributed by atoms with E-state index in [1.165, 1.54) is 7.11 Å². The number of alkyl carbamates (subject to hydrolysis) is 1. The second-order valence-electron chi connectivity index (χ2n) is 4.62. The number of carboxylic acid groups (broad SMARTS) is 2. The Morgan fingerprint density at radius 3 is 2.47 bits per heavy atom. The second kappa shape index (κ2) is 6.93. The van der Waals surface area contributed by atoms with Crippen LogP contribution in [0, 0.1) is 5.92 Å². The van der Waals surface area contributed by atoms with Crippen LogP contribution in [0.4, 0.5) is 4.79 Å². The molecule has 8 heteroatoms. The number of ether oxygens (including phenoxy) is 1. The number of hydrogen-bond acceptors (Lipinski definition) is 5. The Morgan fingerprint density at radius 2 is 1.95 bits per heavy atom. The van der Waals surface area contributed by atoms with E-state index in [4.69, 9.17) is 10.2 Å². The number of nitrogens with one attached hydrogen (secondary N) is 1. The lowest BCUT2D eigenvalue weighted by molar-refractivity contribution is -0.139. The van der Waals surface area contributed by atoms with Gasteiger partial charge in [-0.3, -0.25) is 14.5 Å². The Kier molecular flexibility index (Phi) is 5.56. The molecule has 1 rings (SSSR count). The predicted octanol–water partition coefficient (Wildman–Crippen LogP) is -0.408. The molecule has 1 aliphatic heterocycles. The third kappa shape index (κ3) is 5.56. The highest BCUT2D eigenvalue weighted by Gasteiger charge is 2.30. The molecule has 1 aliphatic rings. The first-order chi connectivity index (χ1) is 8.90. The van der Waals surface area contributed by atoms with Crippen LogP contribution in [-0.2, 0) is 14.3 Å². The minimum atomic E-state index is -0.979. The third-order valence-electron chi connectivity index (χ3n) is 2.94. The first kappa shape index (κ1) is 15.2. The van der Waals surface area contributed by atoms with E-state index in [0.717, 1.165) is 0 Å². The van der Waals surface area contributed by atoms with Crippen molar-refractivity contribution in [3.63, 3.8) is 0 Å².